The molecule has 0 aliphatic carbocycles. The van der Waals surface area contributed by atoms with Gasteiger partial charge in [-0.15, -0.1) is 0 Å². The molecule has 0 N–H and O–H groups in total. The molecular weight excluding hydrogens is 433 g/mol. The SMILES string of the molecule is Cn1c2ccccc2c(=O)c2c(=O)n(-c3cccc(Cl)c3)c(-c3ccc(Cl)cc3)nc21. The van der Waals surface area contributed by atoms with Gasteiger partial charge in [-0.2, -0.15) is 0 Å². The Balaban J connectivity index is 2.01. The van der Waals surface area contributed by atoms with Crippen LogP contribution < -0.4 is 11.0 Å². The first-order valence-electron chi connectivity index (χ1n) is 9.52. The minimum atomic E-state index is -0.455. The van der Waals surface area contributed by atoms with E-state index in [0.717, 1.165) is 0 Å². The average molecular weight is 448 g/mol. The maximum absolute atomic E-state index is 13.8. The lowest BCUT2D eigenvalue weighted by Gasteiger charge is -2.16. The second-order valence-electron chi connectivity index (χ2n) is 7.17. The number of halogens is 2. The Morgan fingerprint density at radius 3 is 2.32 bits per heavy atom. The minimum Gasteiger partial charge on any atom is -0.328 e. The number of hydrogen-bond donors (Lipinski definition) is 0. The van der Waals surface area contributed by atoms with Gasteiger partial charge in [0.2, 0.25) is 5.43 Å². The Morgan fingerprint density at radius 2 is 1.58 bits per heavy atom. The van der Waals surface area contributed by atoms with Gasteiger partial charge in [0.25, 0.3) is 5.56 Å². The third-order valence-corrected chi connectivity index (χ3v) is 5.77. The van der Waals surface area contributed by atoms with Crippen molar-refractivity contribution in [3.8, 4) is 17.1 Å². The Hall–Kier alpha value is -3.41. The number of benzene rings is 3. The monoisotopic (exact) mass is 447 g/mol. The number of para-hydroxylation sites is 1. The molecule has 0 amide bonds. The predicted octanol–water partition coefficient (Wildman–Crippen LogP) is 5.21. The second kappa shape index (κ2) is 7.38. The van der Waals surface area contributed by atoms with Crippen LogP contribution in [0.25, 0.3) is 39.0 Å². The smallest absolute Gasteiger partial charge is 0.271 e. The molecule has 0 aliphatic heterocycles. The number of hydrogen-bond acceptors (Lipinski definition) is 3. The molecule has 0 spiro atoms. The molecule has 0 bridgehead atoms. The van der Waals surface area contributed by atoms with Crippen molar-refractivity contribution >= 4 is 45.1 Å². The Kier molecular flexibility index (Phi) is 4.65. The third-order valence-electron chi connectivity index (χ3n) is 5.29. The maximum Gasteiger partial charge on any atom is 0.271 e. The molecule has 0 saturated heterocycles. The fourth-order valence-electron chi connectivity index (χ4n) is 3.81. The van der Waals surface area contributed by atoms with E-state index in [-0.39, 0.29) is 10.8 Å². The van der Waals surface area contributed by atoms with Crippen LogP contribution in [0.5, 0.6) is 0 Å². The molecule has 2 heterocycles. The number of pyridine rings is 1. The maximum atomic E-state index is 13.8. The molecule has 5 aromatic rings. The van der Waals surface area contributed by atoms with Crippen LogP contribution in [0, 0.1) is 0 Å². The van der Waals surface area contributed by atoms with Gasteiger partial charge in [-0.1, -0.05) is 41.4 Å². The van der Waals surface area contributed by atoms with Gasteiger partial charge < -0.3 is 4.57 Å². The van der Waals surface area contributed by atoms with Crippen molar-refractivity contribution in [1.82, 2.24) is 14.1 Å². The normalized spacial score (nSPS) is 11.3. The van der Waals surface area contributed by atoms with E-state index >= 15 is 0 Å². The lowest BCUT2D eigenvalue weighted by molar-refractivity contribution is 0.924. The summed E-state index contributed by atoms with van der Waals surface area (Å²) in [5.74, 6) is 0.390. The zero-order valence-electron chi connectivity index (χ0n) is 16.3. The van der Waals surface area contributed by atoms with Crippen molar-refractivity contribution in [3.63, 3.8) is 0 Å². The van der Waals surface area contributed by atoms with E-state index in [4.69, 9.17) is 28.2 Å². The molecule has 0 saturated carbocycles. The molecule has 0 fully saturated rings. The van der Waals surface area contributed by atoms with E-state index < -0.39 is 5.56 Å². The first-order valence-corrected chi connectivity index (χ1v) is 10.3. The third kappa shape index (κ3) is 3.14. The highest BCUT2D eigenvalue weighted by Gasteiger charge is 2.20. The summed E-state index contributed by atoms with van der Waals surface area (Å²) in [5.41, 5.74) is 1.42. The number of rotatable bonds is 2. The van der Waals surface area contributed by atoms with E-state index in [1.807, 2.05) is 12.1 Å². The van der Waals surface area contributed by atoms with Crippen molar-refractivity contribution in [2.75, 3.05) is 0 Å². The Labute approximate surface area is 186 Å². The summed E-state index contributed by atoms with van der Waals surface area (Å²) in [5, 5.41) is 1.53. The number of aromatic nitrogens is 3. The molecule has 0 atom stereocenters. The number of fused-ring (bicyclic) bond motifs is 2. The van der Waals surface area contributed by atoms with E-state index in [1.165, 1.54) is 4.57 Å². The zero-order valence-corrected chi connectivity index (χ0v) is 17.9. The molecular formula is C24H15Cl2N3O2. The minimum absolute atomic E-state index is 0.0267. The molecule has 7 heteroatoms. The number of aryl methyl sites for hydroxylation is 1. The van der Waals surface area contributed by atoms with Crippen molar-refractivity contribution in [2.45, 2.75) is 0 Å². The highest BCUT2D eigenvalue weighted by molar-refractivity contribution is 6.31. The van der Waals surface area contributed by atoms with Gasteiger partial charge in [-0.3, -0.25) is 14.2 Å². The standard InChI is InChI=1S/C24H15Cl2N3O2/c1-28-19-8-3-2-7-18(19)21(30)20-23(28)27-22(14-9-11-15(25)12-10-14)29(24(20)31)17-6-4-5-16(26)13-17/h2-13H,1H3. The van der Waals surface area contributed by atoms with Gasteiger partial charge in [0, 0.05) is 28.0 Å². The highest BCUT2D eigenvalue weighted by atomic mass is 35.5. The van der Waals surface area contributed by atoms with Crippen molar-refractivity contribution in [3.05, 3.63) is 103 Å². The average Bonchev–Trinajstić information content (AvgIpc) is 2.77. The van der Waals surface area contributed by atoms with Gasteiger partial charge >= 0.3 is 0 Å². The first-order chi connectivity index (χ1) is 15.0. The van der Waals surface area contributed by atoms with Gasteiger partial charge in [-0.25, -0.2) is 4.98 Å². The van der Waals surface area contributed by atoms with E-state index in [2.05, 4.69) is 0 Å². The Bertz CT molecular complexity index is 1600. The van der Waals surface area contributed by atoms with E-state index in [9.17, 15) is 9.59 Å². The summed E-state index contributed by atoms with van der Waals surface area (Å²) in [6.07, 6.45) is 0. The van der Waals surface area contributed by atoms with Crippen molar-refractivity contribution in [2.24, 2.45) is 7.05 Å². The van der Waals surface area contributed by atoms with Crippen LogP contribution in [-0.2, 0) is 7.05 Å². The van der Waals surface area contributed by atoms with E-state index in [1.54, 1.807) is 72.3 Å². The van der Waals surface area contributed by atoms with Crippen LogP contribution in [-0.4, -0.2) is 14.1 Å². The molecule has 5 nitrogen and oxygen atoms in total. The summed E-state index contributed by atoms with van der Waals surface area (Å²) in [7, 11) is 1.80. The summed E-state index contributed by atoms with van der Waals surface area (Å²) in [6, 6.07) is 21.1. The highest BCUT2D eigenvalue weighted by Crippen LogP contribution is 2.25. The molecule has 152 valence electrons. The molecule has 0 unspecified atom stereocenters. The summed E-state index contributed by atoms with van der Waals surface area (Å²) < 4.78 is 3.20. The van der Waals surface area contributed by atoms with Crippen LogP contribution in [0.15, 0.2) is 82.4 Å². The second-order valence-corrected chi connectivity index (χ2v) is 8.04. The van der Waals surface area contributed by atoms with Gasteiger partial charge in [-0.05, 0) is 54.6 Å². The lowest BCUT2D eigenvalue weighted by Crippen LogP contribution is -2.28. The summed E-state index contributed by atoms with van der Waals surface area (Å²) in [6.45, 7) is 0. The largest absolute Gasteiger partial charge is 0.328 e. The fourth-order valence-corrected chi connectivity index (χ4v) is 4.12. The van der Waals surface area contributed by atoms with Crippen molar-refractivity contribution < 1.29 is 0 Å². The molecule has 5 rings (SSSR count). The number of nitrogens with zero attached hydrogens (tertiary/aromatic N) is 3. The first kappa shape index (κ1) is 19.5. The zero-order chi connectivity index (χ0) is 21.7. The van der Waals surface area contributed by atoms with Gasteiger partial charge in [0.05, 0.1) is 11.2 Å². The van der Waals surface area contributed by atoms with Crippen LogP contribution >= 0.6 is 23.2 Å². The molecule has 0 radical (unpaired) electrons. The molecule has 2 aromatic heterocycles. The van der Waals surface area contributed by atoms with Crippen LogP contribution in [0.1, 0.15) is 0 Å². The summed E-state index contributed by atoms with van der Waals surface area (Å²) >= 11 is 12.3. The topological polar surface area (TPSA) is 56.9 Å². The quantitative estimate of drug-likeness (QED) is 0.349. The molecule has 0 aliphatic rings. The molecule has 3 aromatic carbocycles. The summed E-state index contributed by atoms with van der Waals surface area (Å²) in [4.78, 5) is 31.8. The fraction of sp³-hybridized carbons (Fsp3) is 0.0417. The van der Waals surface area contributed by atoms with Gasteiger partial charge in [0.1, 0.15) is 11.2 Å². The van der Waals surface area contributed by atoms with E-state index in [0.29, 0.717) is 43.7 Å². The lowest BCUT2D eigenvalue weighted by atomic mass is 10.1. The van der Waals surface area contributed by atoms with Crippen LogP contribution in [0.2, 0.25) is 10.0 Å². The predicted molar refractivity (Wildman–Crippen MR) is 126 cm³/mol. The van der Waals surface area contributed by atoms with Crippen molar-refractivity contribution in [1.29, 1.82) is 0 Å². The van der Waals surface area contributed by atoms with Gasteiger partial charge in [0.15, 0.2) is 5.65 Å². The van der Waals surface area contributed by atoms with Crippen LogP contribution in [0.3, 0.4) is 0 Å². The van der Waals surface area contributed by atoms with Crippen LogP contribution in [0.4, 0.5) is 0 Å². The molecule has 31 heavy (non-hydrogen) atoms. The Morgan fingerprint density at radius 1 is 0.839 bits per heavy atom.